The second kappa shape index (κ2) is 4.03. The first-order chi connectivity index (χ1) is 7.28. The lowest BCUT2D eigenvalue weighted by atomic mass is 9.98. The van der Waals surface area contributed by atoms with Crippen molar-refractivity contribution in [1.82, 2.24) is 0 Å². The van der Waals surface area contributed by atoms with E-state index >= 15 is 0 Å². The summed E-state index contributed by atoms with van der Waals surface area (Å²) in [4.78, 5) is 10.5. The Morgan fingerprint density at radius 1 is 1.40 bits per heavy atom. The Hall–Kier alpha value is -1.35. The second-order valence-corrected chi connectivity index (χ2v) is 3.82. The molecule has 0 aliphatic carbocycles. The largest absolute Gasteiger partial charge is 0.482 e. The van der Waals surface area contributed by atoms with Crippen LogP contribution >= 0.6 is 0 Å². The SMILES string of the molecule is CCC1(Oc2ccc(C=O)cc2)COC1. The van der Waals surface area contributed by atoms with Gasteiger partial charge in [-0.1, -0.05) is 6.92 Å². The molecule has 1 saturated heterocycles. The first-order valence-corrected chi connectivity index (χ1v) is 5.10. The number of carbonyl (C=O) groups is 1. The Morgan fingerprint density at radius 2 is 2.07 bits per heavy atom. The van der Waals surface area contributed by atoms with Gasteiger partial charge in [0, 0.05) is 5.56 Å². The molecule has 1 fully saturated rings. The molecule has 1 aromatic carbocycles. The van der Waals surface area contributed by atoms with E-state index in [9.17, 15) is 4.79 Å². The lowest BCUT2D eigenvalue weighted by molar-refractivity contribution is -0.162. The summed E-state index contributed by atoms with van der Waals surface area (Å²) in [7, 11) is 0. The van der Waals surface area contributed by atoms with Gasteiger partial charge in [0.25, 0.3) is 0 Å². The molecule has 0 bridgehead atoms. The Labute approximate surface area is 89.0 Å². The molecule has 0 aromatic heterocycles. The zero-order chi connectivity index (χ0) is 10.7. The Morgan fingerprint density at radius 3 is 2.47 bits per heavy atom. The molecule has 1 aromatic rings. The van der Waals surface area contributed by atoms with Gasteiger partial charge in [-0.25, -0.2) is 0 Å². The monoisotopic (exact) mass is 206 g/mol. The van der Waals surface area contributed by atoms with Crippen LogP contribution in [0.4, 0.5) is 0 Å². The number of hydrogen-bond donors (Lipinski definition) is 0. The lowest BCUT2D eigenvalue weighted by Gasteiger charge is -2.40. The van der Waals surface area contributed by atoms with Crippen molar-refractivity contribution in [2.24, 2.45) is 0 Å². The lowest BCUT2D eigenvalue weighted by Crippen LogP contribution is -2.53. The maximum atomic E-state index is 10.5. The van der Waals surface area contributed by atoms with Crippen LogP contribution in [0.3, 0.4) is 0 Å². The summed E-state index contributed by atoms with van der Waals surface area (Å²) in [5, 5.41) is 0. The van der Waals surface area contributed by atoms with Gasteiger partial charge in [0.05, 0.1) is 13.2 Å². The van der Waals surface area contributed by atoms with E-state index in [-0.39, 0.29) is 5.60 Å². The van der Waals surface area contributed by atoms with Crippen LogP contribution in [-0.2, 0) is 4.74 Å². The molecule has 0 spiro atoms. The topological polar surface area (TPSA) is 35.5 Å². The van der Waals surface area contributed by atoms with Gasteiger partial charge in [0.15, 0.2) is 5.60 Å². The van der Waals surface area contributed by atoms with Gasteiger partial charge in [0.2, 0.25) is 0 Å². The third-order valence-electron chi connectivity index (χ3n) is 2.73. The number of benzene rings is 1. The van der Waals surface area contributed by atoms with Crippen LogP contribution in [0.25, 0.3) is 0 Å². The molecule has 0 amide bonds. The minimum Gasteiger partial charge on any atom is -0.482 e. The van der Waals surface area contributed by atoms with Crippen LogP contribution in [0.1, 0.15) is 23.7 Å². The normalized spacial score (nSPS) is 17.9. The van der Waals surface area contributed by atoms with Gasteiger partial charge in [0.1, 0.15) is 12.0 Å². The molecule has 1 heterocycles. The van der Waals surface area contributed by atoms with E-state index in [2.05, 4.69) is 6.92 Å². The quantitative estimate of drug-likeness (QED) is 0.707. The summed E-state index contributed by atoms with van der Waals surface area (Å²) < 4.78 is 11.0. The van der Waals surface area contributed by atoms with Crippen molar-refractivity contribution in [3.8, 4) is 5.75 Å². The van der Waals surface area contributed by atoms with Crippen molar-refractivity contribution < 1.29 is 14.3 Å². The number of aldehydes is 1. The number of ether oxygens (including phenoxy) is 2. The third kappa shape index (κ3) is 2.02. The smallest absolute Gasteiger partial charge is 0.155 e. The molecule has 3 heteroatoms. The summed E-state index contributed by atoms with van der Waals surface area (Å²) in [6.45, 7) is 3.39. The van der Waals surface area contributed by atoms with Crippen LogP contribution in [0.5, 0.6) is 5.75 Å². The molecule has 80 valence electrons. The first-order valence-electron chi connectivity index (χ1n) is 5.10. The molecular weight excluding hydrogens is 192 g/mol. The van der Waals surface area contributed by atoms with Crippen LogP contribution in [0, 0.1) is 0 Å². The summed E-state index contributed by atoms with van der Waals surface area (Å²) in [6.07, 6.45) is 1.76. The molecule has 1 aliphatic heterocycles. The van der Waals surface area contributed by atoms with E-state index in [4.69, 9.17) is 9.47 Å². The number of rotatable bonds is 4. The average Bonchev–Trinajstić information content (AvgIpc) is 2.24. The van der Waals surface area contributed by atoms with Crippen LogP contribution in [0.2, 0.25) is 0 Å². The van der Waals surface area contributed by atoms with E-state index in [0.717, 1.165) is 18.5 Å². The molecular formula is C12H14O3. The van der Waals surface area contributed by atoms with Gasteiger partial charge in [-0.2, -0.15) is 0 Å². The molecule has 3 nitrogen and oxygen atoms in total. The molecule has 2 rings (SSSR count). The third-order valence-corrected chi connectivity index (χ3v) is 2.73. The van der Waals surface area contributed by atoms with Gasteiger partial charge in [-0.15, -0.1) is 0 Å². The van der Waals surface area contributed by atoms with Crippen molar-refractivity contribution in [2.75, 3.05) is 13.2 Å². The van der Waals surface area contributed by atoms with Crippen LogP contribution in [0.15, 0.2) is 24.3 Å². The highest BCUT2D eigenvalue weighted by molar-refractivity contribution is 5.74. The van der Waals surface area contributed by atoms with Gasteiger partial charge in [-0.05, 0) is 30.7 Å². The summed E-state index contributed by atoms with van der Waals surface area (Å²) in [5.41, 5.74) is 0.514. The second-order valence-electron chi connectivity index (χ2n) is 3.82. The van der Waals surface area contributed by atoms with Crippen molar-refractivity contribution in [2.45, 2.75) is 18.9 Å². The van der Waals surface area contributed by atoms with Crippen molar-refractivity contribution in [3.63, 3.8) is 0 Å². The maximum absolute atomic E-state index is 10.5. The maximum Gasteiger partial charge on any atom is 0.155 e. The molecule has 1 aliphatic rings. The molecule has 0 saturated carbocycles. The van der Waals surface area contributed by atoms with Gasteiger partial charge < -0.3 is 9.47 Å². The highest BCUT2D eigenvalue weighted by Crippen LogP contribution is 2.28. The highest BCUT2D eigenvalue weighted by atomic mass is 16.6. The van der Waals surface area contributed by atoms with Crippen molar-refractivity contribution in [1.29, 1.82) is 0 Å². The van der Waals surface area contributed by atoms with Gasteiger partial charge in [-0.3, -0.25) is 4.79 Å². The number of hydrogen-bond acceptors (Lipinski definition) is 3. The molecule has 15 heavy (non-hydrogen) atoms. The summed E-state index contributed by atoms with van der Waals surface area (Å²) >= 11 is 0. The van der Waals surface area contributed by atoms with Crippen molar-refractivity contribution in [3.05, 3.63) is 29.8 Å². The Bertz CT molecular complexity index is 333. The molecule has 0 atom stereocenters. The summed E-state index contributed by atoms with van der Waals surface area (Å²) in [5.74, 6) is 0.797. The predicted molar refractivity (Wildman–Crippen MR) is 56.3 cm³/mol. The first kappa shape index (κ1) is 10.2. The van der Waals surface area contributed by atoms with E-state index in [1.807, 2.05) is 12.1 Å². The highest BCUT2D eigenvalue weighted by Gasteiger charge is 2.39. The fourth-order valence-corrected chi connectivity index (χ4v) is 1.53. The fraction of sp³-hybridized carbons (Fsp3) is 0.417. The fourth-order valence-electron chi connectivity index (χ4n) is 1.53. The zero-order valence-electron chi connectivity index (χ0n) is 8.73. The van der Waals surface area contributed by atoms with Crippen LogP contribution in [-0.4, -0.2) is 25.1 Å². The minimum atomic E-state index is -0.150. The molecule has 0 N–H and O–H groups in total. The van der Waals surface area contributed by atoms with E-state index in [0.29, 0.717) is 18.8 Å². The summed E-state index contributed by atoms with van der Waals surface area (Å²) in [6, 6.07) is 7.15. The number of carbonyl (C=O) groups excluding carboxylic acids is 1. The average molecular weight is 206 g/mol. The molecule has 0 unspecified atom stereocenters. The Kier molecular flexibility index (Phi) is 2.73. The van der Waals surface area contributed by atoms with E-state index in [1.165, 1.54) is 0 Å². The van der Waals surface area contributed by atoms with E-state index < -0.39 is 0 Å². The molecule has 0 radical (unpaired) electrons. The van der Waals surface area contributed by atoms with Gasteiger partial charge >= 0.3 is 0 Å². The van der Waals surface area contributed by atoms with E-state index in [1.54, 1.807) is 12.1 Å². The van der Waals surface area contributed by atoms with Crippen LogP contribution < -0.4 is 4.74 Å². The zero-order valence-corrected chi connectivity index (χ0v) is 8.73. The predicted octanol–water partition coefficient (Wildman–Crippen LogP) is 2.06. The standard InChI is InChI=1S/C12H14O3/c1-2-12(8-14-9-12)15-11-5-3-10(7-13)4-6-11/h3-7H,2,8-9H2,1H3. The van der Waals surface area contributed by atoms with Crippen molar-refractivity contribution >= 4 is 6.29 Å². The minimum absolute atomic E-state index is 0.150. The Balaban J connectivity index is 2.06.